The summed E-state index contributed by atoms with van der Waals surface area (Å²) in [6.45, 7) is 0.994. The lowest BCUT2D eigenvalue weighted by Gasteiger charge is -2.19. The van der Waals surface area contributed by atoms with Crippen LogP contribution in [0.2, 0.25) is 0 Å². The Bertz CT molecular complexity index is 1000. The molecular weight excluding hydrogens is 374 g/mol. The molecule has 1 aromatic heterocycles. The van der Waals surface area contributed by atoms with Crippen LogP contribution in [0, 0.1) is 5.92 Å². The monoisotopic (exact) mass is 393 g/mol. The van der Waals surface area contributed by atoms with E-state index in [2.05, 4.69) is 15.6 Å². The molecule has 7 heteroatoms. The molecule has 3 N–H and O–H groups in total. The average molecular weight is 393 g/mol. The molecule has 28 heavy (non-hydrogen) atoms. The summed E-state index contributed by atoms with van der Waals surface area (Å²) in [5.41, 5.74) is 2.76. The van der Waals surface area contributed by atoms with Crippen molar-refractivity contribution in [1.82, 2.24) is 10.3 Å². The van der Waals surface area contributed by atoms with Gasteiger partial charge in [-0.2, -0.15) is 0 Å². The molecule has 1 fully saturated rings. The van der Waals surface area contributed by atoms with Crippen LogP contribution in [0.1, 0.15) is 22.0 Å². The number of hydrogen-bond acceptors (Lipinski definition) is 5. The molecule has 0 spiro atoms. The number of benzene rings is 2. The van der Waals surface area contributed by atoms with Gasteiger partial charge < -0.3 is 15.7 Å². The molecule has 0 aliphatic carbocycles. The number of carboxylic acid groups (broad SMARTS) is 1. The molecule has 142 valence electrons. The van der Waals surface area contributed by atoms with Crippen molar-refractivity contribution in [3.05, 3.63) is 71.2 Å². The highest BCUT2D eigenvalue weighted by atomic mass is 32.1. The van der Waals surface area contributed by atoms with Crippen molar-refractivity contribution < 1.29 is 14.7 Å². The third-order valence-corrected chi connectivity index (χ3v) is 5.79. The largest absolute Gasteiger partial charge is 0.481 e. The Morgan fingerprint density at radius 1 is 1.07 bits per heavy atom. The second-order valence-electron chi connectivity index (χ2n) is 6.65. The highest BCUT2D eigenvalue weighted by Crippen LogP contribution is 2.33. The second kappa shape index (κ2) is 7.92. The fourth-order valence-electron chi connectivity index (χ4n) is 3.48. The number of nitrogens with zero attached hydrogens (tertiary/aromatic N) is 1. The predicted molar refractivity (Wildman–Crippen MR) is 109 cm³/mol. The maximum atomic E-state index is 12.7. The molecule has 0 unspecified atom stereocenters. The Labute approximate surface area is 166 Å². The quantitative estimate of drug-likeness (QED) is 0.618. The van der Waals surface area contributed by atoms with Gasteiger partial charge in [-0.05, 0) is 11.6 Å². The Morgan fingerprint density at radius 3 is 2.61 bits per heavy atom. The maximum absolute atomic E-state index is 12.7. The first-order chi connectivity index (χ1) is 13.6. The molecule has 2 aromatic carbocycles. The molecule has 0 saturated carbocycles. The van der Waals surface area contributed by atoms with E-state index in [0.29, 0.717) is 24.5 Å². The van der Waals surface area contributed by atoms with Crippen LogP contribution in [0.15, 0.2) is 60.0 Å². The van der Waals surface area contributed by atoms with Crippen LogP contribution < -0.4 is 10.6 Å². The number of carbonyl (C=O) groups excluding carboxylic acids is 1. The molecule has 1 amide bonds. The number of carbonyl (C=O) groups is 2. The number of nitrogens with one attached hydrogen (secondary N) is 2. The maximum Gasteiger partial charge on any atom is 0.308 e. The third kappa shape index (κ3) is 3.67. The summed E-state index contributed by atoms with van der Waals surface area (Å²) < 4.78 is 0. The van der Waals surface area contributed by atoms with Gasteiger partial charge in [0.05, 0.1) is 5.92 Å². The van der Waals surface area contributed by atoms with E-state index in [-0.39, 0.29) is 11.8 Å². The van der Waals surface area contributed by atoms with Gasteiger partial charge in [-0.3, -0.25) is 9.59 Å². The lowest BCUT2D eigenvalue weighted by Crippen LogP contribution is -2.22. The lowest BCUT2D eigenvalue weighted by molar-refractivity contribution is -0.141. The number of amides is 1. The van der Waals surface area contributed by atoms with Crippen molar-refractivity contribution >= 4 is 28.9 Å². The average Bonchev–Trinajstić information content (AvgIpc) is 3.39. The molecule has 4 rings (SSSR count). The van der Waals surface area contributed by atoms with Crippen LogP contribution in [-0.4, -0.2) is 35.1 Å². The first kappa shape index (κ1) is 18.3. The van der Waals surface area contributed by atoms with Gasteiger partial charge in [0.15, 0.2) is 0 Å². The standard InChI is InChI=1S/C21H19N3O3S/c25-19(18-12-28-20(24-18)13-6-2-1-3-7-13)23-17-9-5-4-8-14(17)15-10-22-11-16(15)21(26)27/h1-9,12,15-16,22H,10-11H2,(H,23,25)(H,26,27)/t15-,16+/m0/s1. The minimum atomic E-state index is -0.830. The summed E-state index contributed by atoms with van der Waals surface area (Å²) in [5.74, 6) is -1.84. The molecule has 1 aliphatic rings. The van der Waals surface area contributed by atoms with Crippen LogP contribution >= 0.6 is 11.3 Å². The van der Waals surface area contributed by atoms with Gasteiger partial charge in [0.1, 0.15) is 10.7 Å². The van der Waals surface area contributed by atoms with Crippen molar-refractivity contribution in [2.24, 2.45) is 5.92 Å². The van der Waals surface area contributed by atoms with E-state index in [0.717, 1.165) is 16.1 Å². The van der Waals surface area contributed by atoms with E-state index >= 15 is 0 Å². The summed E-state index contributed by atoms with van der Waals surface area (Å²) >= 11 is 1.42. The summed E-state index contributed by atoms with van der Waals surface area (Å²) in [6, 6.07) is 17.1. The van der Waals surface area contributed by atoms with Crippen LogP contribution in [0.5, 0.6) is 0 Å². The first-order valence-corrected chi connectivity index (χ1v) is 9.86. The topological polar surface area (TPSA) is 91.3 Å². The highest BCUT2D eigenvalue weighted by Gasteiger charge is 2.35. The van der Waals surface area contributed by atoms with Gasteiger partial charge in [-0.1, -0.05) is 48.5 Å². The molecule has 6 nitrogen and oxygen atoms in total. The molecule has 3 aromatic rings. The number of carboxylic acids is 1. The smallest absolute Gasteiger partial charge is 0.308 e. The van der Waals surface area contributed by atoms with Gasteiger partial charge >= 0.3 is 5.97 Å². The Morgan fingerprint density at radius 2 is 1.82 bits per heavy atom. The Balaban J connectivity index is 1.56. The van der Waals surface area contributed by atoms with E-state index in [1.807, 2.05) is 48.5 Å². The Hall–Kier alpha value is -3.03. The number of hydrogen-bond donors (Lipinski definition) is 3. The fourth-order valence-corrected chi connectivity index (χ4v) is 4.28. The molecular formula is C21H19N3O3S. The summed E-state index contributed by atoms with van der Waals surface area (Å²) in [6.07, 6.45) is 0. The second-order valence-corrected chi connectivity index (χ2v) is 7.51. The zero-order valence-corrected chi connectivity index (χ0v) is 15.8. The first-order valence-electron chi connectivity index (χ1n) is 8.98. The fraction of sp³-hybridized carbons (Fsp3) is 0.190. The zero-order valence-electron chi connectivity index (χ0n) is 15.0. The van der Waals surface area contributed by atoms with Gasteiger partial charge in [0.25, 0.3) is 5.91 Å². The number of thiazole rings is 1. The molecule has 0 radical (unpaired) electrons. The van der Waals surface area contributed by atoms with Gasteiger partial charge in [0.2, 0.25) is 0 Å². The van der Waals surface area contributed by atoms with Crippen LogP contribution in [-0.2, 0) is 4.79 Å². The van der Waals surface area contributed by atoms with Crippen molar-refractivity contribution in [1.29, 1.82) is 0 Å². The van der Waals surface area contributed by atoms with E-state index in [9.17, 15) is 14.7 Å². The minimum Gasteiger partial charge on any atom is -0.481 e. The van der Waals surface area contributed by atoms with E-state index < -0.39 is 11.9 Å². The normalized spacial score (nSPS) is 18.7. The van der Waals surface area contributed by atoms with Gasteiger partial charge in [-0.25, -0.2) is 4.98 Å². The number of anilines is 1. The third-order valence-electron chi connectivity index (χ3n) is 4.90. The van der Waals surface area contributed by atoms with E-state index in [4.69, 9.17) is 0 Å². The molecule has 2 heterocycles. The zero-order chi connectivity index (χ0) is 19.5. The number of para-hydroxylation sites is 1. The van der Waals surface area contributed by atoms with Crippen LogP contribution in [0.25, 0.3) is 10.6 Å². The van der Waals surface area contributed by atoms with Crippen molar-refractivity contribution in [2.75, 3.05) is 18.4 Å². The summed E-state index contributed by atoms with van der Waals surface area (Å²) in [5, 5.41) is 18.0. The lowest BCUT2D eigenvalue weighted by atomic mass is 9.88. The Kier molecular flexibility index (Phi) is 5.18. The van der Waals surface area contributed by atoms with Gasteiger partial charge in [-0.15, -0.1) is 11.3 Å². The number of aliphatic carboxylic acids is 1. The minimum absolute atomic E-state index is 0.190. The van der Waals surface area contributed by atoms with E-state index in [1.54, 1.807) is 11.4 Å². The van der Waals surface area contributed by atoms with Crippen molar-refractivity contribution in [3.63, 3.8) is 0 Å². The SMILES string of the molecule is O=C(Nc1ccccc1[C@@H]1CNC[C@H]1C(=O)O)c1csc(-c2ccccc2)n1. The molecule has 1 aliphatic heterocycles. The number of rotatable bonds is 5. The van der Waals surface area contributed by atoms with E-state index in [1.165, 1.54) is 11.3 Å². The molecule has 1 saturated heterocycles. The van der Waals surface area contributed by atoms with Crippen molar-refractivity contribution in [2.45, 2.75) is 5.92 Å². The summed E-state index contributed by atoms with van der Waals surface area (Å²) in [4.78, 5) is 28.7. The molecule has 2 atom stereocenters. The summed E-state index contributed by atoms with van der Waals surface area (Å²) in [7, 11) is 0. The number of aromatic nitrogens is 1. The van der Waals surface area contributed by atoms with Gasteiger partial charge in [0, 0.05) is 35.6 Å². The highest BCUT2D eigenvalue weighted by molar-refractivity contribution is 7.13. The van der Waals surface area contributed by atoms with Crippen LogP contribution in [0.4, 0.5) is 5.69 Å². The predicted octanol–water partition coefficient (Wildman–Crippen LogP) is 3.45. The van der Waals surface area contributed by atoms with Crippen molar-refractivity contribution in [3.8, 4) is 10.6 Å². The molecule has 0 bridgehead atoms. The van der Waals surface area contributed by atoms with Crippen LogP contribution in [0.3, 0.4) is 0 Å².